The van der Waals surface area contributed by atoms with Crippen LogP contribution in [-0.2, 0) is 14.3 Å². The summed E-state index contributed by atoms with van der Waals surface area (Å²) >= 11 is 0. The molecule has 1 heterocycles. The van der Waals surface area contributed by atoms with E-state index in [2.05, 4.69) is 0 Å². The van der Waals surface area contributed by atoms with Gasteiger partial charge in [-0.3, -0.25) is 9.59 Å². The van der Waals surface area contributed by atoms with E-state index in [-0.39, 0.29) is 18.9 Å². The molecule has 0 spiro atoms. The molecule has 1 saturated heterocycles. The maximum Gasteiger partial charge on any atom is 0.337 e. The molecule has 2 amide bonds. The van der Waals surface area contributed by atoms with E-state index in [1.807, 2.05) is 13.8 Å². The predicted octanol–water partition coefficient (Wildman–Crippen LogP) is 0.928. The van der Waals surface area contributed by atoms with Crippen LogP contribution in [-0.4, -0.2) is 31.4 Å². The molecule has 1 aromatic carbocycles. The van der Waals surface area contributed by atoms with E-state index < -0.39 is 17.8 Å². The molecule has 1 aliphatic heterocycles. The molecule has 0 saturated carbocycles. The summed E-state index contributed by atoms with van der Waals surface area (Å²) in [5, 5.41) is 0. The molecule has 0 radical (unpaired) electrons. The van der Waals surface area contributed by atoms with Crippen LogP contribution in [0.15, 0.2) is 12.1 Å². The minimum Gasteiger partial charge on any atom is -0.465 e. The lowest BCUT2D eigenvalue weighted by Crippen LogP contribution is -2.29. The second-order valence-electron chi connectivity index (χ2n) is 5.26. The first kappa shape index (κ1) is 15.0. The van der Waals surface area contributed by atoms with Crippen molar-refractivity contribution in [2.75, 3.05) is 18.6 Å². The van der Waals surface area contributed by atoms with Crippen molar-refractivity contribution in [3.63, 3.8) is 0 Å². The quantitative estimate of drug-likeness (QED) is 0.838. The summed E-state index contributed by atoms with van der Waals surface area (Å²) in [6, 6.07) is 3.36. The van der Waals surface area contributed by atoms with Gasteiger partial charge in [-0.25, -0.2) is 4.79 Å². The SMILES string of the molecule is COC(=O)c1cc(C)c(N2CC(C(N)=O)CC2=O)c(C)c1. The van der Waals surface area contributed by atoms with Crippen LogP contribution < -0.4 is 10.6 Å². The van der Waals surface area contributed by atoms with Gasteiger partial charge in [0.1, 0.15) is 0 Å². The second kappa shape index (κ2) is 5.55. The van der Waals surface area contributed by atoms with E-state index >= 15 is 0 Å². The second-order valence-corrected chi connectivity index (χ2v) is 5.26. The summed E-state index contributed by atoms with van der Waals surface area (Å²) < 4.78 is 4.70. The Hall–Kier alpha value is -2.37. The van der Waals surface area contributed by atoms with Crippen LogP contribution in [0.25, 0.3) is 0 Å². The molecular weight excluding hydrogens is 272 g/mol. The van der Waals surface area contributed by atoms with Crippen molar-refractivity contribution in [3.05, 3.63) is 28.8 Å². The van der Waals surface area contributed by atoms with Crippen LogP contribution in [0.1, 0.15) is 27.9 Å². The number of aryl methyl sites for hydroxylation is 2. The molecule has 6 nitrogen and oxygen atoms in total. The first-order chi connectivity index (χ1) is 9.85. The highest BCUT2D eigenvalue weighted by molar-refractivity contribution is 6.01. The predicted molar refractivity (Wildman–Crippen MR) is 76.9 cm³/mol. The summed E-state index contributed by atoms with van der Waals surface area (Å²) in [5.74, 6) is -1.48. The molecule has 1 aromatic rings. The van der Waals surface area contributed by atoms with E-state index in [0.29, 0.717) is 5.56 Å². The van der Waals surface area contributed by atoms with Crippen molar-refractivity contribution in [1.29, 1.82) is 0 Å². The zero-order valence-corrected chi connectivity index (χ0v) is 12.3. The molecule has 1 unspecified atom stereocenters. The lowest BCUT2D eigenvalue weighted by Gasteiger charge is -2.22. The van der Waals surface area contributed by atoms with Crippen LogP contribution in [0.3, 0.4) is 0 Å². The first-order valence-corrected chi connectivity index (χ1v) is 6.64. The fourth-order valence-corrected chi connectivity index (χ4v) is 2.73. The number of nitrogens with two attached hydrogens (primary N) is 1. The molecule has 1 fully saturated rings. The zero-order chi connectivity index (χ0) is 15.7. The average Bonchev–Trinajstić information content (AvgIpc) is 2.79. The van der Waals surface area contributed by atoms with Gasteiger partial charge in [0.15, 0.2) is 0 Å². The number of nitrogens with zero attached hydrogens (tertiary/aromatic N) is 1. The molecule has 2 N–H and O–H groups in total. The van der Waals surface area contributed by atoms with Crippen LogP contribution in [0, 0.1) is 19.8 Å². The normalized spacial score (nSPS) is 18.0. The Kier molecular flexibility index (Phi) is 3.97. The number of hydrogen-bond acceptors (Lipinski definition) is 4. The van der Waals surface area contributed by atoms with Crippen molar-refractivity contribution in [1.82, 2.24) is 0 Å². The fourth-order valence-electron chi connectivity index (χ4n) is 2.73. The summed E-state index contributed by atoms with van der Waals surface area (Å²) in [4.78, 5) is 36.5. The Labute approximate surface area is 122 Å². The first-order valence-electron chi connectivity index (χ1n) is 6.64. The number of esters is 1. The third kappa shape index (κ3) is 2.74. The van der Waals surface area contributed by atoms with Crippen molar-refractivity contribution in [3.8, 4) is 0 Å². The third-order valence-corrected chi connectivity index (χ3v) is 3.71. The molecule has 0 bridgehead atoms. The van der Waals surface area contributed by atoms with Gasteiger partial charge in [0.05, 0.1) is 18.6 Å². The Balaban J connectivity index is 2.39. The molecule has 0 aromatic heterocycles. The number of rotatable bonds is 3. The standard InChI is InChI=1S/C15H18N2O4/c1-8-4-10(15(20)21-3)5-9(2)13(8)17-7-11(14(16)19)6-12(17)18/h4-5,11H,6-7H2,1-3H3,(H2,16,19). The Morgan fingerprint density at radius 2 is 1.86 bits per heavy atom. The smallest absolute Gasteiger partial charge is 0.337 e. The van der Waals surface area contributed by atoms with Gasteiger partial charge < -0.3 is 15.4 Å². The minimum absolute atomic E-state index is 0.129. The summed E-state index contributed by atoms with van der Waals surface area (Å²) in [5.41, 5.74) is 8.02. The Morgan fingerprint density at radius 1 is 1.29 bits per heavy atom. The topological polar surface area (TPSA) is 89.7 Å². The van der Waals surface area contributed by atoms with Gasteiger partial charge >= 0.3 is 5.97 Å². The van der Waals surface area contributed by atoms with Gasteiger partial charge in [-0.2, -0.15) is 0 Å². The van der Waals surface area contributed by atoms with Gasteiger partial charge in [0.25, 0.3) is 0 Å². The fraction of sp³-hybridized carbons (Fsp3) is 0.400. The van der Waals surface area contributed by atoms with Crippen LogP contribution in [0.4, 0.5) is 5.69 Å². The van der Waals surface area contributed by atoms with Crippen molar-refractivity contribution >= 4 is 23.5 Å². The number of hydrogen-bond donors (Lipinski definition) is 1. The highest BCUT2D eigenvalue weighted by atomic mass is 16.5. The van der Waals surface area contributed by atoms with Crippen LogP contribution in [0.2, 0.25) is 0 Å². The van der Waals surface area contributed by atoms with Gasteiger partial charge in [0.2, 0.25) is 11.8 Å². The summed E-state index contributed by atoms with van der Waals surface area (Å²) in [6.45, 7) is 3.92. The number of anilines is 1. The largest absolute Gasteiger partial charge is 0.465 e. The van der Waals surface area contributed by atoms with Crippen LogP contribution >= 0.6 is 0 Å². The number of carbonyl (C=O) groups is 3. The lowest BCUT2D eigenvalue weighted by atomic mass is 10.0. The van der Waals surface area contributed by atoms with E-state index in [1.165, 1.54) is 7.11 Å². The van der Waals surface area contributed by atoms with Gasteiger partial charge in [-0.15, -0.1) is 0 Å². The lowest BCUT2D eigenvalue weighted by molar-refractivity contribution is -0.123. The Bertz CT molecular complexity index is 601. The van der Waals surface area contributed by atoms with Gasteiger partial charge in [0, 0.05) is 18.7 Å². The zero-order valence-electron chi connectivity index (χ0n) is 12.3. The number of amides is 2. The van der Waals surface area contributed by atoms with E-state index in [4.69, 9.17) is 10.5 Å². The molecule has 2 rings (SSSR count). The number of methoxy groups -OCH3 is 1. The average molecular weight is 290 g/mol. The number of carbonyl (C=O) groups excluding carboxylic acids is 3. The molecule has 6 heteroatoms. The molecule has 112 valence electrons. The van der Waals surface area contributed by atoms with Crippen molar-refractivity contribution in [2.45, 2.75) is 20.3 Å². The summed E-state index contributed by atoms with van der Waals surface area (Å²) in [7, 11) is 1.32. The van der Waals surface area contributed by atoms with Gasteiger partial charge in [-0.1, -0.05) is 0 Å². The van der Waals surface area contributed by atoms with Crippen molar-refractivity contribution in [2.24, 2.45) is 11.7 Å². The highest BCUT2D eigenvalue weighted by Crippen LogP contribution is 2.32. The molecule has 0 aliphatic carbocycles. The third-order valence-electron chi connectivity index (χ3n) is 3.71. The highest BCUT2D eigenvalue weighted by Gasteiger charge is 2.35. The summed E-state index contributed by atoms with van der Waals surface area (Å²) in [6.07, 6.45) is 0.132. The number of benzene rings is 1. The minimum atomic E-state index is -0.465. The maximum atomic E-state index is 12.1. The molecule has 1 aliphatic rings. The van der Waals surface area contributed by atoms with Crippen LogP contribution in [0.5, 0.6) is 0 Å². The van der Waals surface area contributed by atoms with E-state index in [1.54, 1.807) is 17.0 Å². The van der Waals surface area contributed by atoms with Crippen molar-refractivity contribution < 1.29 is 19.1 Å². The molecular formula is C15H18N2O4. The van der Waals surface area contributed by atoms with E-state index in [0.717, 1.165) is 16.8 Å². The Morgan fingerprint density at radius 3 is 2.29 bits per heavy atom. The number of primary amides is 1. The maximum absolute atomic E-state index is 12.1. The van der Waals surface area contributed by atoms with Gasteiger partial charge in [-0.05, 0) is 37.1 Å². The molecule has 1 atom stereocenters. The van der Waals surface area contributed by atoms with E-state index in [9.17, 15) is 14.4 Å². The monoisotopic (exact) mass is 290 g/mol. The number of ether oxygens (including phenoxy) is 1. The molecule has 21 heavy (non-hydrogen) atoms.